The Labute approximate surface area is 204 Å². The minimum Gasteiger partial charge on any atom is -0.462 e. The summed E-state index contributed by atoms with van der Waals surface area (Å²) in [5.41, 5.74) is 1.12. The van der Waals surface area contributed by atoms with Crippen molar-refractivity contribution in [2.45, 2.75) is 32.0 Å². The molecule has 0 saturated carbocycles. The highest BCUT2D eigenvalue weighted by molar-refractivity contribution is 6.31. The van der Waals surface area contributed by atoms with Gasteiger partial charge in [-0.1, -0.05) is 11.6 Å². The molecule has 1 amide bonds. The first-order valence-electron chi connectivity index (χ1n) is 10.8. The summed E-state index contributed by atoms with van der Waals surface area (Å²) in [7, 11) is 1.10. The number of hydrogen-bond acceptors (Lipinski definition) is 7. The van der Waals surface area contributed by atoms with Gasteiger partial charge in [0.05, 0.1) is 11.6 Å². The van der Waals surface area contributed by atoms with Gasteiger partial charge in [-0.25, -0.2) is 19.7 Å². The zero-order chi connectivity index (χ0) is 25.3. The van der Waals surface area contributed by atoms with Crippen molar-refractivity contribution in [3.05, 3.63) is 35.2 Å². The first kappa shape index (κ1) is 24.7. The number of carbonyl (C=O) groups is 2. The zero-order valence-electron chi connectivity index (χ0n) is 18.9. The van der Waals surface area contributed by atoms with E-state index >= 15 is 0 Å². The monoisotopic (exact) mass is 512 g/mol. The smallest absolute Gasteiger partial charge is 0.406 e. The highest BCUT2D eigenvalue weighted by Gasteiger charge is 2.39. The topological polar surface area (TPSA) is 104 Å². The van der Waals surface area contributed by atoms with E-state index in [1.54, 1.807) is 24.1 Å². The van der Waals surface area contributed by atoms with Crippen LogP contribution >= 0.6 is 11.6 Å². The first-order chi connectivity index (χ1) is 16.6. The van der Waals surface area contributed by atoms with Gasteiger partial charge in [-0.3, -0.25) is 4.79 Å². The molecule has 0 spiro atoms. The van der Waals surface area contributed by atoms with Gasteiger partial charge in [-0.05, 0) is 25.8 Å². The van der Waals surface area contributed by atoms with Crippen molar-refractivity contribution in [3.63, 3.8) is 0 Å². The SMILES string of the molecule is CCOC(=O)c1cnc(-c2c[nH]c3ncc(Cl)cc23)nc1N1CCC[C@@H]1C(=O)N(C)CC(F)(F)F.[HH]. The fourth-order valence-corrected chi connectivity index (χ4v) is 4.27. The number of alkyl halides is 3. The van der Waals surface area contributed by atoms with Crippen LogP contribution in [0.3, 0.4) is 0 Å². The second-order valence-electron chi connectivity index (χ2n) is 8.06. The summed E-state index contributed by atoms with van der Waals surface area (Å²) < 4.78 is 43.8. The zero-order valence-corrected chi connectivity index (χ0v) is 19.7. The van der Waals surface area contributed by atoms with Gasteiger partial charge in [0.25, 0.3) is 0 Å². The minimum atomic E-state index is -4.53. The first-order valence-corrected chi connectivity index (χ1v) is 11.2. The van der Waals surface area contributed by atoms with Crippen LogP contribution in [-0.2, 0) is 9.53 Å². The molecule has 1 aliphatic rings. The highest BCUT2D eigenvalue weighted by atomic mass is 35.5. The van der Waals surface area contributed by atoms with Crippen molar-refractivity contribution < 1.29 is 28.9 Å². The van der Waals surface area contributed by atoms with Gasteiger partial charge in [-0.15, -0.1) is 0 Å². The molecule has 0 unspecified atom stereocenters. The molecule has 4 heterocycles. The summed E-state index contributed by atoms with van der Waals surface area (Å²) in [6.07, 6.45) is 0.737. The largest absolute Gasteiger partial charge is 0.462 e. The molecule has 35 heavy (non-hydrogen) atoms. The average Bonchev–Trinajstić information content (AvgIpc) is 3.44. The van der Waals surface area contributed by atoms with E-state index in [2.05, 4.69) is 19.9 Å². The quantitative estimate of drug-likeness (QED) is 0.496. The molecule has 1 atom stereocenters. The molecular formula is C22H24ClF3N6O3. The molecule has 188 valence electrons. The number of esters is 1. The Morgan fingerprint density at radius 2 is 2.11 bits per heavy atom. The number of anilines is 1. The molecule has 0 radical (unpaired) electrons. The summed E-state index contributed by atoms with van der Waals surface area (Å²) in [6.45, 7) is 0.687. The highest BCUT2D eigenvalue weighted by Crippen LogP contribution is 2.33. The van der Waals surface area contributed by atoms with Crippen LogP contribution in [0.4, 0.5) is 19.0 Å². The van der Waals surface area contributed by atoms with E-state index in [4.69, 9.17) is 16.3 Å². The summed E-state index contributed by atoms with van der Waals surface area (Å²) in [5.74, 6) is -1.06. The number of amides is 1. The van der Waals surface area contributed by atoms with Crippen LogP contribution in [0.5, 0.6) is 0 Å². The summed E-state index contributed by atoms with van der Waals surface area (Å²) in [6, 6.07) is 0.768. The third-order valence-electron chi connectivity index (χ3n) is 5.61. The molecule has 1 saturated heterocycles. The summed E-state index contributed by atoms with van der Waals surface area (Å²) in [5, 5.41) is 1.05. The second-order valence-corrected chi connectivity index (χ2v) is 8.50. The number of nitrogens with zero attached hydrogens (tertiary/aromatic N) is 5. The lowest BCUT2D eigenvalue weighted by atomic mass is 10.1. The van der Waals surface area contributed by atoms with E-state index in [0.717, 1.165) is 7.05 Å². The lowest BCUT2D eigenvalue weighted by molar-refractivity contribution is -0.159. The van der Waals surface area contributed by atoms with Crippen LogP contribution in [0.1, 0.15) is 31.6 Å². The Morgan fingerprint density at radius 3 is 2.83 bits per heavy atom. The number of rotatable bonds is 6. The lowest BCUT2D eigenvalue weighted by Gasteiger charge is -2.30. The molecule has 0 aromatic carbocycles. The number of carbonyl (C=O) groups excluding carboxylic acids is 2. The average molecular weight is 513 g/mol. The van der Waals surface area contributed by atoms with Gasteiger partial charge in [0.15, 0.2) is 5.82 Å². The molecule has 3 aromatic heterocycles. The number of hydrogen-bond donors (Lipinski definition) is 1. The molecule has 9 nitrogen and oxygen atoms in total. The minimum absolute atomic E-state index is 0. The third-order valence-corrected chi connectivity index (χ3v) is 5.81. The van der Waals surface area contributed by atoms with Crippen LogP contribution in [-0.4, -0.2) is 75.7 Å². The maximum absolute atomic E-state index is 12.9. The lowest BCUT2D eigenvalue weighted by Crippen LogP contribution is -2.47. The van der Waals surface area contributed by atoms with Crippen molar-refractivity contribution in [2.75, 3.05) is 31.6 Å². The molecule has 1 fully saturated rings. The molecule has 1 N–H and O–H groups in total. The van der Waals surface area contributed by atoms with Crippen LogP contribution in [0.25, 0.3) is 22.4 Å². The molecule has 3 aromatic rings. The van der Waals surface area contributed by atoms with Gasteiger partial charge >= 0.3 is 12.1 Å². The van der Waals surface area contributed by atoms with Gasteiger partial charge < -0.3 is 19.5 Å². The molecule has 0 aliphatic carbocycles. The number of fused-ring (bicyclic) bond motifs is 1. The maximum atomic E-state index is 12.9. The number of likely N-dealkylation sites (N-methyl/N-ethyl adjacent to an activating group) is 1. The van der Waals surface area contributed by atoms with E-state index in [1.165, 1.54) is 12.4 Å². The van der Waals surface area contributed by atoms with Crippen molar-refractivity contribution >= 4 is 40.3 Å². The van der Waals surface area contributed by atoms with E-state index < -0.39 is 30.6 Å². The van der Waals surface area contributed by atoms with Crippen molar-refractivity contribution in [1.82, 2.24) is 24.8 Å². The Balaban J connectivity index is 0.00000361. The number of pyridine rings is 1. The van der Waals surface area contributed by atoms with Crippen LogP contribution in [0, 0.1) is 0 Å². The summed E-state index contributed by atoms with van der Waals surface area (Å²) >= 11 is 6.09. The number of aromatic amines is 1. The fraction of sp³-hybridized carbons (Fsp3) is 0.409. The number of H-pyrrole nitrogens is 1. The predicted octanol–water partition coefficient (Wildman–Crippen LogP) is 4.09. The number of ether oxygens (including phenoxy) is 1. The van der Waals surface area contributed by atoms with Crippen LogP contribution < -0.4 is 4.90 Å². The third kappa shape index (κ3) is 5.16. The second kappa shape index (κ2) is 9.68. The number of nitrogens with one attached hydrogen (secondary N) is 1. The van der Waals surface area contributed by atoms with Crippen LogP contribution in [0.2, 0.25) is 5.02 Å². The van der Waals surface area contributed by atoms with Crippen molar-refractivity contribution in [2.24, 2.45) is 0 Å². The maximum Gasteiger partial charge on any atom is 0.406 e. The molecular weight excluding hydrogens is 489 g/mol. The standard InChI is InChI=1S/C22H22ClF3N6O3.H2/c1-3-35-21(34)15-10-29-18(14-9-28-17-13(14)7-12(23)8-27-17)30-19(15)32-6-4-5-16(32)20(33)31(2)11-22(24,25)26;/h7-10,16H,3-6,11H2,1-2H3,(H,27,28);1H/t16-;/m1./s1. The molecule has 0 bridgehead atoms. The number of aromatic nitrogens is 4. The predicted molar refractivity (Wildman–Crippen MR) is 124 cm³/mol. The van der Waals surface area contributed by atoms with Crippen LogP contribution in [0.15, 0.2) is 24.7 Å². The Morgan fingerprint density at radius 1 is 1.34 bits per heavy atom. The number of halogens is 4. The Bertz CT molecular complexity index is 1270. The van der Waals surface area contributed by atoms with E-state index in [9.17, 15) is 22.8 Å². The van der Waals surface area contributed by atoms with Crippen molar-refractivity contribution in [3.8, 4) is 11.4 Å². The summed E-state index contributed by atoms with van der Waals surface area (Å²) in [4.78, 5) is 43.9. The van der Waals surface area contributed by atoms with Gasteiger partial charge in [-0.2, -0.15) is 13.2 Å². The van der Waals surface area contributed by atoms with E-state index in [-0.39, 0.29) is 25.2 Å². The van der Waals surface area contributed by atoms with Gasteiger partial charge in [0.1, 0.15) is 29.6 Å². The molecule has 13 heteroatoms. The van der Waals surface area contributed by atoms with Gasteiger partial charge in [0, 0.05) is 44.6 Å². The Hall–Kier alpha value is -3.41. The van der Waals surface area contributed by atoms with Crippen molar-refractivity contribution in [1.29, 1.82) is 0 Å². The molecule has 1 aliphatic heterocycles. The fourth-order valence-electron chi connectivity index (χ4n) is 4.12. The normalized spacial score (nSPS) is 16.1. The van der Waals surface area contributed by atoms with E-state index in [0.29, 0.717) is 45.9 Å². The van der Waals surface area contributed by atoms with Gasteiger partial charge in [0.2, 0.25) is 5.91 Å². The Kier molecular flexibility index (Phi) is 6.84. The molecule has 4 rings (SSSR count). The van der Waals surface area contributed by atoms with E-state index in [1.807, 2.05) is 0 Å².